The Hall–Kier alpha value is -4.41. The number of esters is 3. The monoisotopic (exact) mass is 592 g/mol. The summed E-state index contributed by atoms with van der Waals surface area (Å²) in [5, 5.41) is 11.6. The maximum absolute atomic E-state index is 13.2. The molecule has 0 amide bonds. The van der Waals surface area contributed by atoms with Gasteiger partial charge in [0, 0.05) is 26.7 Å². The minimum Gasteiger partial charge on any atom is -0.497 e. The normalized spacial score (nSPS) is 21.8. The molecule has 1 aliphatic carbocycles. The lowest BCUT2D eigenvalue weighted by molar-refractivity contribution is -0.225. The van der Waals surface area contributed by atoms with Gasteiger partial charge in [0.25, 0.3) is 0 Å². The van der Waals surface area contributed by atoms with Gasteiger partial charge in [-0.25, -0.2) is 4.79 Å². The fourth-order valence-electron chi connectivity index (χ4n) is 5.66. The van der Waals surface area contributed by atoms with Crippen LogP contribution in [-0.2, 0) is 38.9 Å². The summed E-state index contributed by atoms with van der Waals surface area (Å²) in [6.45, 7) is 2.35. The van der Waals surface area contributed by atoms with Crippen molar-refractivity contribution in [3.63, 3.8) is 0 Å². The fourth-order valence-corrected chi connectivity index (χ4v) is 5.66. The van der Waals surface area contributed by atoms with Crippen molar-refractivity contribution in [2.45, 2.75) is 56.2 Å². The number of rotatable bonds is 10. The molecule has 0 heterocycles. The van der Waals surface area contributed by atoms with E-state index in [-0.39, 0.29) is 12.8 Å². The van der Waals surface area contributed by atoms with Crippen LogP contribution >= 0.6 is 0 Å². The molecule has 1 fully saturated rings. The number of aliphatic hydroxyl groups excluding tert-OH is 1. The van der Waals surface area contributed by atoms with Crippen molar-refractivity contribution in [1.29, 1.82) is 0 Å². The van der Waals surface area contributed by atoms with Crippen molar-refractivity contribution < 1.29 is 47.9 Å². The number of ether oxygens (including phenoxy) is 6. The van der Waals surface area contributed by atoms with Gasteiger partial charge in [-0.05, 0) is 41.0 Å². The maximum atomic E-state index is 13.2. The van der Waals surface area contributed by atoms with Gasteiger partial charge in [0.1, 0.15) is 29.3 Å². The minimum atomic E-state index is -1.90. The van der Waals surface area contributed by atoms with Crippen molar-refractivity contribution in [1.82, 2.24) is 0 Å². The molecule has 10 heteroatoms. The van der Waals surface area contributed by atoms with E-state index in [0.717, 1.165) is 14.0 Å². The third-order valence-electron chi connectivity index (χ3n) is 7.54. The molecule has 10 nitrogen and oxygen atoms in total. The number of hydrogen-bond acceptors (Lipinski definition) is 10. The van der Waals surface area contributed by atoms with Gasteiger partial charge in [-0.3, -0.25) is 9.59 Å². The second kappa shape index (κ2) is 13.3. The first-order chi connectivity index (χ1) is 20.6. The van der Waals surface area contributed by atoms with Gasteiger partial charge in [-0.15, -0.1) is 0 Å². The summed E-state index contributed by atoms with van der Waals surface area (Å²) in [5.41, 5.74) is -1.25. The Bertz CT molecular complexity index is 1360. The summed E-state index contributed by atoms with van der Waals surface area (Å²) in [6, 6.07) is 23.9. The van der Waals surface area contributed by atoms with Crippen molar-refractivity contribution in [2.75, 3.05) is 21.3 Å². The summed E-state index contributed by atoms with van der Waals surface area (Å²) < 4.78 is 33.9. The van der Waals surface area contributed by atoms with E-state index in [1.54, 1.807) is 38.5 Å². The number of hydrogen-bond donors (Lipinski definition) is 1. The Morgan fingerprint density at radius 3 is 1.65 bits per heavy atom. The number of benzene rings is 3. The second-order valence-corrected chi connectivity index (χ2v) is 10.3. The van der Waals surface area contributed by atoms with Crippen molar-refractivity contribution in [3.05, 3.63) is 95.6 Å². The highest BCUT2D eigenvalue weighted by atomic mass is 16.6. The molecular formula is C33H36O10. The number of carbonyl (C=O) groups excluding carboxylic acids is 3. The lowest BCUT2D eigenvalue weighted by Crippen LogP contribution is -2.61. The van der Waals surface area contributed by atoms with Crippen LogP contribution in [0.2, 0.25) is 0 Å². The van der Waals surface area contributed by atoms with Gasteiger partial charge in [0.05, 0.1) is 27.4 Å². The van der Waals surface area contributed by atoms with Crippen molar-refractivity contribution in [3.8, 4) is 11.5 Å². The third-order valence-corrected chi connectivity index (χ3v) is 7.54. The highest BCUT2D eigenvalue weighted by Crippen LogP contribution is 2.46. The number of methoxy groups -OCH3 is 3. The van der Waals surface area contributed by atoms with Crippen molar-refractivity contribution >= 4 is 17.9 Å². The van der Waals surface area contributed by atoms with E-state index in [9.17, 15) is 19.5 Å². The first-order valence-electron chi connectivity index (χ1n) is 13.7. The Kier molecular flexibility index (Phi) is 9.73. The van der Waals surface area contributed by atoms with E-state index in [0.29, 0.717) is 28.2 Å². The molecule has 43 heavy (non-hydrogen) atoms. The quantitative estimate of drug-likeness (QED) is 0.210. The highest BCUT2D eigenvalue weighted by molar-refractivity contribution is 5.83. The topological polar surface area (TPSA) is 127 Å². The summed E-state index contributed by atoms with van der Waals surface area (Å²) in [5.74, 6) is -1.06. The molecule has 1 N–H and O–H groups in total. The Morgan fingerprint density at radius 1 is 0.721 bits per heavy atom. The predicted octanol–water partition coefficient (Wildman–Crippen LogP) is 3.94. The van der Waals surface area contributed by atoms with Crippen LogP contribution in [0.3, 0.4) is 0 Å². The highest BCUT2D eigenvalue weighted by Gasteiger charge is 2.57. The Balaban J connectivity index is 1.97. The molecular weight excluding hydrogens is 556 g/mol. The summed E-state index contributed by atoms with van der Waals surface area (Å²) in [6.07, 6.45) is -4.46. The molecule has 1 saturated carbocycles. The lowest BCUT2D eigenvalue weighted by atomic mass is 9.76. The van der Waals surface area contributed by atoms with E-state index in [1.165, 1.54) is 6.92 Å². The Morgan fingerprint density at radius 2 is 1.21 bits per heavy atom. The fraction of sp³-hybridized carbons (Fsp3) is 0.364. The van der Waals surface area contributed by atoms with Gasteiger partial charge in [0.2, 0.25) is 5.60 Å². The van der Waals surface area contributed by atoms with Crippen molar-refractivity contribution in [2.24, 2.45) is 0 Å². The molecule has 0 spiro atoms. The summed E-state index contributed by atoms with van der Waals surface area (Å²) >= 11 is 0. The van der Waals surface area contributed by atoms with Crippen LogP contribution in [0.4, 0.5) is 0 Å². The standard InChI is InChI=1S/C33H36O10/c1-21(34)41-28-19-32(31(37)40-5,42-22(2)35)20-29(30(28)36)43-33(23-9-7-6-8-10-23,24-11-15-26(38-3)16-12-24)25-13-17-27(39-4)18-14-25/h6-18,28-30,36H,19-20H2,1-5H3/t28-,29-,30+,32-/m1/s1. The Labute approximate surface area is 250 Å². The van der Waals surface area contributed by atoms with Crippen LogP contribution in [0.1, 0.15) is 43.4 Å². The molecule has 3 aromatic rings. The van der Waals surface area contributed by atoms with Gasteiger partial charge in [-0.1, -0.05) is 54.6 Å². The van der Waals surface area contributed by atoms with Crippen LogP contribution in [0, 0.1) is 0 Å². The summed E-state index contributed by atoms with van der Waals surface area (Å²) in [4.78, 5) is 37.6. The molecule has 0 unspecified atom stereocenters. The van der Waals surface area contributed by atoms with Gasteiger partial charge < -0.3 is 33.5 Å². The first kappa shape index (κ1) is 31.5. The zero-order valence-corrected chi connectivity index (χ0v) is 24.8. The predicted molar refractivity (Wildman–Crippen MR) is 154 cm³/mol. The van der Waals surface area contributed by atoms with Gasteiger partial charge in [0.15, 0.2) is 0 Å². The number of aliphatic hydroxyl groups is 1. The molecule has 4 rings (SSSR count). The molecule has 0 saturated heterocycles. The second-order valence-electron chi connectivity index (χ2n) is 10.3. The maximum Gasteiger partial charge on any atom is 0.350 e. The van der Waals surface area contributed by atoms with E-state index in [1.807, 2.05) is 54.6 Å². The summed E-state index contributed by atoms with van der Waals surface area (Å²) in [7, 11) is 4.29. The van der Waals surface area contributed by atoms with Gasteiger partial charge >= 0.3 is 17.9 Å². The van der Waals surface area contributed by atoms with E-state index >= 15 is 0 Å². The zero-order valence-electron chi connectivity index (χ0n) is 24.8. The van der Waals surface area contributed by atoms with Crippen LogP contribution < -0.4 is 9.47 Å². The molecule has 4 atom stereocenters. The molecule has 1 aliphatic rings. The molecule has 0 bridgehead atoms. The van der Waals surface area contributed by atoms with Crippen LogP contribution in [-0.4, -0.2) is 68.3 Å². The molecule has 0 radical (unpaired) electrons. The molecule has 3 aromatic carbocycles. The first-order valence-corrected chi connectivity index (χ1v) is 13.7. The van der Waals surface area contributed by atoms with Crippen LogP contribution in [0.15, 0.2) is 78.9 Å². The molecule has 228 valence electrons. The SMILES string of the molecule is COC(=O)[C@@]1(OC(C)=O)C[C@@H](OC(C)=O)[C@H](O)[C@H](OC(c2ccccc2)(c2ccc(OC)cc2)c2ccc(OC)cc2)C1. The smallest absolute Gasteiger partial charge is 0.350 e. The van der Waals surface area contributed by atoms with E-state index in [4.69, 9.17) is 28.4 Å². The van der Waals surface area contributed by atoms with Crippen LogP contribution in [0.5, 0.6) is 11.5 Å². The van der Waals surface area contributed by atoms with E-state index in [2.05, 4.69) is 0 Å². The average Bonchev–Trinajstić information content (AvgIpc) is 3.01. The molecule has 0 aliphatic heterocycles. The number of carbonyl (C=O) groups is 3. The lowest BCUT2D eigenvalue weighted by Gasteiger charge is -2.47. The molecule has 0 aromatic heterocycles. The van der Waals surface area contributed by atoms with Gasteiger partial charge in [-0.2, -0.15) is 0 Å². The zero-order chi connectivity index (χ0) is 31.2. The average molecular weight is 593 g/mol. The van der Waals surface area contributed by atoms with Crippen LogP contribution in [0.25, 0.3) is 0 Å². The van der Waals surface area contributed by atoms with E-state index < -0.39 is 47.4 Å². The minimum absolute atomic E-state index is 0.279. The largest absolute Gasteiger partial charge is 0.497 e. The third kappa shape index (κ3) is 6.50.